The molecule has 96 valence electrons. The zero-order valence-corrected chi connectivity index (χ0v) is 11.4. The van der Waals surface area contributed by atoms with Crippen molar-refractivity contribution in [1.82, 2.24) is 10.3 Å². The number of methoxy groups -OCH3 is 1. The number of rotatable bonds is 7. The summed E-state index contributed by atoms with van der Waals surface area (Å²) in [6.45, 7) is 2.36. The van der Waals surface area contributed by atoms with Crippen molar-refractivity contribution < 1.29 is 4.74 Å². The van der Waals surface area contributed by atoms with Gasteiger partial charge in [0.25, 0.3) is 0 Å². The Kier molecular flexibility index (Phi) is 6.26. The van der Waals surface area contributed by atoms with Crippen LogP contribution in [0.5, 0.6) is 0 Å². The van der Waals surface area contributed by atoms with Crippen molar-refractivity contribution in [1.29, 1.82) is 0 Å². The van der Waals surface area contributed by atoms with Gasteiger partial charge in [0.05, 0.1) is 10.7 Å². The molecule has 1 heterocycles. The summed E-state index contributed by atoms with van der Waals surface area (Å²) < 4.78 is 5.03. The molecule has 1 rings (SSSR count). The van der Waals surface area contributed by atoms with Gasteiger partial charge in [-0.1, -0.05) is 11.6 Å². The third-order valence-electron chi connectivity index (χ3n) is 2.48. The first-order chi connectivity index (χ1) is 8.19. The smallest absolute Gasteiger partial charge is 0.128 e. The molecule has 17 heavy (non-hydrogen) atoms. The predicted octanol–water partition coefficient (Wildman–Crippen LogP) is 1.93. The number of hydrogen-bond acceptors (Lipinski definition) is 4. The predicted molar refractivity (Wildman–Crippen MR) is 71.8 cm³/mol. The highest BCUT2D eigenvalue weighted by atomic mass is 35.5. The molecule has 0 bridgehead atoms. The van der Waals surface area contributed by atoms with Gasteiger partial charge in [0.1, 0.15) is 5.82 Å². The van der Waals surface area contributed by atoms with Crippen LogP contribution < -0.4 is 10.2 Å². The molecule has 0 saturated heterocycles. The molecule has 1 aromatic rings. The van der Waals surface area contributed by atoms with E-state index in [1.165, 1.54) is 0 Å². The second-order valence-electron chi connectivity index (χ2n) is 3.90. The highest BCUT2D eigenvalue weighted by Crippen LogP contribution is 2.18. The van der Waals surface area contributed by atoms with E-state index in [0.717, 1.165) is 31.1 Å². The third-order valence-corrected chi connectivity index (χ3v) is 2.83. The minimum atomic E-state index is 0.679. The summed E-state index contributed by atoms with van der Waals surface area (Å²) in [6, 6.07) is 3.83. The molecule has 1 N–H and O–H groups in total. The lowest BCUT2D eigenvalue weighted by atomic mass is 10.3. The minimum absolute atomic E-state index is 0.679. The first-order valence-electron chi connectivity index (χ1n) is 5.69. The van der Waals surface area contributed by atoms with Crippen LogP contribution in [0.25, 0.3) is 0 Å². The Morgan fingerprint density at radius 2 is 2.24 bits per heavy atom. The van der Waals surface area contributed by atoms with E-state index < -0.39 is 0 Å². The van der Waals surface area contributed by atoms with Gasteiger partial charge >= 0.3 is 0 Å². The van der Waals surface area contributed by atoms with Crippen molar-refractivity contribution in [3.8, 4) is 0 Å². The quantitative estimate of drug-likeness (QED) is 0.758. The number of nitrogens with one attached hydrogen (secondary N) is 1. The van der Waals surface area contributed by atoms with Gasteiger partial charge in [0.15, 0.2) is 0 Å². The molecule has 0 saturated carbocycles. The summed E-state index contributed by atoms with van der Waals surface area (Å²) in [5.41, 5.74) is 0.880. The Morgan fingerprint density at radius 1 is 1.47 bits per heavy atom. The number of anilines is 1. The Labute approximate surface area is 108 Å². The zero-order chi connectivity index (χ0) is 12.7. The van der Waals surface area contributed by atoms with Gasteiger partial charge in [-0.05, 0) is 25.6 Å². The number of aromatic nitrogens is 1. The third kappa shape index (κ3) is 4.50. The fourth-order valence-corrected chi connectivity index (χ4v) is 1.71. The fraction of sp³-hybridized carbons (Fsp3) is 0.583. The monoisotopic (exact) mass is 257 g/mol. The normalized spacial score (nSPS) is 10.6. The van der Waals surface area contributed by atoms with Crippen LogP contribution in [-0.4, -0.2) is 39.3 Å². The van der Waals surface area contributed by atoms with Crippen LogP contribution in [0.1, 0.15) is 12.1 Å². The van der Waals surface area contributed by atoms with Crippen LogP contribution in [0.2, 0.25) is 5.02 Å². The maximum absolute atomic E-state index is 6.07. The SMILES string of the molecule is CNCc1nc(N(C)CCCOC)ccc1Cl. The van der Waals surface area contributed by atoms with Crippen molar-refractivity contribution in [2.45, 2.75) is 13.0 Å². The topological polar surface area (TPSA) is 37.4 Å². The van der Waals surface area contributed by atoms with Crippen LogP contribution in [0, 0.1) is 0 Å². The molecular formula is C12H20ClN3O. The summed E-state index contributed by atoms with van der Waals surface area (Å²) in [5, 5.41) is 3.76. The van der Waals surface area contributed by atoms with Gasteiger partial charge in [-0.3, -0.25) is 0 Å². The number of ether oxygens (including phenoxy) is 1. The average molecular weight is 258 g/mol. The van der Waals surface area contributed by atoms with Crippen molar-refractivity contribution in [2.24, 2.45) is 0 Å². The Morgan fingerprint density at radius 3 is 2.88 bits per heavy atom. The summed E-state index contributed by atoms with van der Waals surface area (Å²) >= 11 is 6.07. The van der Waals surface area contributed by atoms with Crippen LogP contribution in [0.3, 0.4) is 0 Å². The van der Waals surface area contributed by atoms with Crippen LogP contribution >= 0.6 is 11.6 Å². The van der Waals surface area contributed by atoms with E-state index in [1.807, 2.05) is 26.2 Å². The fourth-order valence-electron chi connectivity index (χ4n) is 1.54. The highest BCUT2D eigenvalue weighted by molar-refractivity contribution is 6.31. The van der Waals surface area contributed by atoms with Gasteiger partial charge < -0.3 is 15.0 Å². The van der Waals surface area contributed by atoms with Crippen molar-refractivity contribution in [3.63, 3.8) is 0 Å². The van der Waals surface area contributed by atoms with Crippen molar-refractivity contribution in [3.05, 3.63) is 22.8 Å². The summed E-state index contributed by atoms with van der Waals surface area (Å²) in [5.74, 6) is 0.941. The number of hydrogen-bond donors (Lipinski definition) is 1. The Balaban J connectivity index is 2.66. The second-order valence-corrected chi connectivity index (χ2v) is 4.30. The van der Waals surface area contributed by atoms with Crippen LogP contribution in [0.4, 0.5) is 5.82 Å². The maximum atomic E-state index is 6.07. The van der Waals surface area contributed by atoms with Crippen molar-refractivity contribution >= 4 is 17.4 Å². The summed E-state index contributed by atoms with van der Waals surface area (Å²) in [4.78, 5) is 6.64. The van der Waals surface area contributed by atoms with E-state index in [2.05, 4.69) is 15.2 Å². The lowest BCUT2D eigenvalue weighted by Crippen LogP contribution is -2.21. The molecule has 0 amide bonds. The standard InChI is InChI=1S/C12H20ClN3O/c1-14-9-11-10(13)5-6-12(15-11)16(2)7-4-8-17-3/h5-6,14H,4,7-9H2,1-3H3. The van der Waals surface area contributed by atoms with E-state index in [9.17, 15) is 0 Å². The highest BCUT2D eigenvalue weighted by Gasteiger charge is 2.06. The number of pyridine rings is 1. The molecule has 0 aliphatic carbocycles. The van der Waals surface area contributed by atoms with Gasteiger partial charge in [-0.25, -0.2) is 4.98 Å². The van der Waals surface area contributed by atoms with Crippen LogP contribution in [0.15, 0.2) is 12.1 Å². The molecule has 0 radical (unpaired) electrons. The molecule has 0 spiro atoms. The largest absolute Gasteiger partial charge is 0.385 e. The van der Waals surface area contributed by atoms with E-state index in [0.29, 0.717) is 11.6 Å². The zero-order valence-electron chi connectivity index (χ0n) is 10.7. The lowest BCUT2D eigenvalue weighted by molar-refractivity contribution is 0.196. The molecule has 0 fully saturated rings. The lowest BCUT2D eigenvalue weighted by Gasteiger charge is -2.19. The molecule has 1 aromatic heterocycles. The van der Waals surface area contributed by atoms with Gasteiger partial charge in [0, 0.05) is 33.9 Å². The minimum Gasteiger partial charge on any atom is -0.385 e. The first kappa shape index (κ1) is 14.2. The number of nitrogens with zero attached hydrogens (tertiary/aromatic N) is 2. The maximum Gasteiger partial charge on any atom is 0.128 e. The summed E-state index contributed by atoms with van der Waals surface area (Å²) in [6.07, 6.45) is 0.985. The van der Waals surface area contributed by atoms with Crippen LogP contribution in [-0.2, 0) is 11.3 Å². The van der Waals surface area contributed by atoms with Gasteiger partial charge in [-0.15, -0.1) is 0 Å². The van der Waals surface area contributed by atoms with E-state index >= 15 is 0 Å². The van der Waals surface area contributed by atoms with Gasteiger partial charge in [-0.2, -0.15) is 0 Å². The second kappa shape index (κ2) is 7.48. The molecule has 0 atom stereocenters. The Hall–Kier alpha value is -0.840. The average Bonchev–Trinajstić information content (AvgIpc) is 2.32. The van der Waals surface area contributed by atoms with Gasteiger partial charge in [0.2, 0.25) is 0 Å². The molecule has 0 aromatic carbocycles. The molecule has 0 aliphatic heterocycles. The molecule has 0 unspecified atom stereocenters. The number of halogens is 1. The van der Waals surface area contributed by atoms with Crippen molar-refractivity contribution in [2.75, 3.05) is 39.3 Å². The van der Waals surface area contributed by atoms with E-state index in [1.54, 1.807) is 7.11 Å². The van der Waals surface area contributed by atoms with E-state index in [4.69, 9.17) is 16.3 Å². The molecule has 0 aliphatic rings. The first-order valence-corrected chi connectivity index (χ1v) is 6.07. The van der Waals surface area contributed by atoms with E-state index in [-0.39, 0.29) is 0 Å². The Bertz CT molecular complexity index is 347. The molecular weight excluding hydrogens is 238 g/mol. The molecule has 4 nitrogen and oxygen atoms in total. The summed E-state index contributed by atoms with van der Waals surface area (Å²) in [7, 11) is 5.62. The molecule has 5 heteroatoms.